The number of aromatic nitrogens is 2. The number of fused-ring (bicyclic) bond motifs is 2. The summed E-state index contributed by atoms with van der Waals surface area (Å²) in [4.78, 5) is 6.46. The van der Waals surface area contributed by atoms with Crippen molar-refractivity contribution in [2.75, 3.05) is 4.90 Å². The summed E-state index contributed by atoms with van der Waals surface area (Å²) in [5.74, 6) is 0.576. The first-order valence-electron chi connectivity index (χ1n) is 7.17. The van der Waals surface area contributed by atoms with E-state index in [0.717, 1.165) is 35.4 Å². The van der Waals surface area contributed by atoms with Crippen LogP contribution >= 0.6 is 0 Å². The molecule has 0 saturated carbocycles. The van der Waals surface area contributed by atoms with E-state index >= 15 is 0 Å². The monoisotopic (exact) mass is 276 g/mol. The zero-order valence-corrected chi connectivity index (χ0v) is 11.9. The molecule has 0 amide bonds. The van der Waals surface area contributed by atoms with E-state index in [9.17, 15) is 0 Å². The molecule has 2 heterocycles. The summed E-state index contributed by atoms with van der Waals surface area (Å²) in [6.45, 7) is 3.78. The summed E-state index contributed by atoms with van der Waals surface area (Å²) in [6.07, 6.45) is 1.87. The molecule has 21 heavy (non-hydrogen) atoms. The fourth-order valence-electron chi connectivity index (χ4n) is 2.97. The standard InChI is InChI=1S/C17H16N4/c1-2-20-11-19-15-8-7-13(9-16(15)20)21-10-12-5-3-4-6-14(12)17(21)18/h3-9,11,18H,2,10H2,1H3. The molecule has 0 atom stereocenters. The summed E-state index contributed by atoms with van der Waals surface area (Å²) < 4.78 is 2.13. The number of hydrogen-bond donors (Lipinski definition) is 1. The Morgan fingerprint density at radius 3 is 2.86 bits per heavy atom. The number of benzene rings is 2. The summed E-state index contributed by atoms with van der Waals surface area (Å²) in [5, 5.41) is 8.40. The lowest BCUT2D eigenvalue weighted by molar-refractivity contribution is 0.787. The van der Waals surface area contributed by atoms with Crippen LogP contribution in [0.4, 0.5) is 5.69 Å². The normalized spacial score (nSPS) is 14.0. The number of imidazole rings is 1. The van der Waals surface area contributed by atoms with Crippen molar-refractivity contribution in [3.8, 4) is 0 Å². The van der Waals surface area contributed by atoms with Crippen LogP contribution in [0.25, 0.3) is 11.0 Å². The number of rotatable bonds is 2. The largest absolute Gasteiger partial charge is 0.331 e. The molecule has 0 saturated heterocycles. The Balaban J connectivity index is 1.80. The maximum atomic E-state index is 8.40. The molecule has 4 rings (SSSR count). The van der Waals surface area contributed by atoms with Crippen LogP contribution in [0.5, 0.6) is 0 Å². The van der Waals surface area contributed by atoms with Gasteiger partial charge >= 0.3 is 0 Å². The second-order valence-electron chi connectivity index (χ2n) is 5.30. The minimum atomic E-state index is 0.576. The lowest BCUT2D eigenvalue weighted by atomic mass is 10.1. The van der Waals surface area contributed by atoms with Gasteiger partial charge in [0, 0.05) is 17.8 Å². The van der Waals surface area contributed by atoms with Crippen molar-refractivity contribution >= 4 is 22.6 Å². The maximum absolute atomic E-state index is 8.40. The fraction of sp³-hybridized carbons (Fsp3) is 0.176. The highest BCUT2D eigenvalue weighted by atomic mass is 15.2. The van der Waals surface area contributed by atoms with E-state index in [-0.39, 0.29) is 0 Å². The molecule has 0 spiro atoms. The molecule has 0 radical (unpaired) electrons. The second kappa shape index (κ2) is 4.45. The number of aryl methyl sites for hydroxylation is 1. The summed E-state index contributed by atoms with van der Waals surface area (Å²) in [7, 11) is 0. The van der Waals surface area contributed by atoms with Gasteiger partial charge in [-0.2, -0.15) is 0 Å². The molecule has 1 aliphatic heterocycles. The Bertz CT molecular complexity index is 847. The van der Waals surface area contributed by atoms with E-state index in [1.54, 1.807) is 0 Å². The third-order valence-electron chi connectivity index (χ3n) is 4.13. The SMILES string of the molecule is CCn1cnc2ccc(N3Cc4ccccc4C3=N)cc21. The Morgan fingerprint density at radius 2 is 2.05 bits per heavy atom. The van der Waals surface area contributed by atoms with Gasteiger partial charge in [0.1, 0.15) is 5.84 Å². The second-order valence-corrected chi connectivity index (χ2v) is 5.30. The van der Waals surface area contributed by atoms with Crippen molar-refractivity contribution in [3.05, 3.63) is 59.9 Å². The van der Waals surface area contributed by atoms with Gasteiger partial charge in [-0.05, 0) is 30.7 Å². The van der Waals surface area contributed by atoms with Gasteiger partial charge in [-0.1, -0.05) is 24.3 Å². The average Bonchev–Trinajstić information content (AvgIpc) is 3.08. The quantitative estimate of drug-likeness (QED) is 0.779. The molecular weight excluding hydrogens is 260 g/mol. The smallest absolute Gasteiger partial charge is 0.133 e. The van der Waals surface area contributed by atoms with Crippen LogP contribution in [0, 0.1) is 5.41 Å². The number of hydrogen-bond acceptors (Lipinski definition) is 2. The van der Waals surface area contributed by atoms with Crippen molar-refractivity contribution in [1.82, 2.24) is 9.55 Å². The first-order valence-corrected chi connectivity index (χ1v) is 7.17. The summed E-state index contributed by atoms with van der Waals surface area (Å²) in [5.41, 5.74) is 5.43. The molecule has 2 aromatic carbocycles. The third-order valence-corrected chi connectivity index (χ3v) is 4.13. The first-order chi connectivity index (χ1) is 10.3. The minimum Gasteiger partial charge on any atom is -0.331 e. The van der Waals surface area contributed by atoms with Crippen LogP contribution in [0.15, 0.2) is 48.8 Å². The van der Waals surface area contributed by atoms with E-state index in [1.807, 2.05) is 30.6 Å². The Morgan fingerprint density at radius 1 is 1.19 bits per heavy atom. The topological polar surface area (TPSA) is 44.9 Å². The molecule has 0 bridgehead atoms. The molecular formula is C17H16N4. The van der Waals surface area contributed by atoms with Gasteiger partial charge in [0.05, 0.1) is 23.9 Å². The molecule has 4 heteroatoms. The fourth-order valence-corrected chi connectivity index (χ4v) is 2.97. The molecule has 3 aromatic rings. The Labute approximate surface area is 123 Å². The third kappa shape index (κ3) is 1.76. The van der Waals surface area contributed by atoms with E-state index in [0.29, 0.717) is 5.84 Å². The van der Waals surface area contributed by atoms with Crippen molar-refractivity contribution in [1.29, 1.82) is 5.41 Å². The van der Waals surface area contributed by atoms with Gasteiger partial charge < -0.3 is 9.47 Å². The molecule has 1 aromatic heterocycles. The van der Waals surface area contributed by atoms with E-state index in [4.69, 9.17) is 5.41 Å². The molecule has 0 unspecified atom stereocenters. The van der Waals surface area contributed by atoms with Crippen molar-refractivity contribution in [2.45, 2.75) is 20.0 Å². The number of anilines is 1. The molecule has 1 N–H and O–H groups in total. The van der Waals surface area contributed by atoms with E-state index < -0.39 is 0 Å². The highest BCUT2D eigenvalue weighted by Crippen LogP contribution is 2.30. The van der Waals surface area contributed by atoms with Crippen LogP contribution in [-0.4, -0.2) is 15.4 Å². The highest BCUT2D eigenvalue weighted by Gasteiger charge is 2.25. The first kappa shape index (κ1) is 12.1. The van der Waals surface area contributed by atoms with Crippen LogP contribution in [-0.2, 0) is 13.1 Å². The van der Waals surface area contributed by atoms with Crippen LogP contribution in [0.1, 0.15) is 18.1 Å². The summed E-state index contributed by atoms with van der Waals surface area (Å²) >= 11 is 0. The van der Waals surface area contributed by atoms with Gasteiger partial charge in [0.25, 0.3) is 0 Å². The Hall–Kier alpha value is -2.62. The predicted octanol–water partition coefficient (Wildman–Crippen LogP) is 3.40. The zero-order valence-electron chi connectivity index (χ0n) is 11.9. The van der Waals surface area contributed by atoms with Gasteiger partial charge in [0.2, 0.25) is 0 Å². The van der Waals surface area contributed by atoms with Gasteiger partial charge in [-0.25, -0.2) is 4.98 Å². The van der Waals surface area contributed by atoms with Gasteiger partial charge in [0.15, 0.2) is 0 Å². The molecule has 4 nitrogen and oxygen atoms in total. The molecule has 104 valence electrons. The van der Waals surface area contributed by atoms with Crippen LogP contribution < -0.4 is 4.90 Å². The van der Waals surface area contributed by atoms with Crippen LogP contribution in [0.2, 0.25) is 0 Å². The van der Waals surface area contributed by atoms with E-state index in [2.05, 4.69) is 39.6 Å². The maximum Gasteiger partial charge on any atom is 0.133 e. The zero-order chi connectivity index (χ0) is 14.4. The number of nitrogens with zero attached hydrogens (tertiary/aromatic N) is 3. The van der Waals surface area contributed by atoms with Gasteiger partial charge in [-0.15, -0.1) is 0 Å². The Kier molecular flexibility index (Phi) is 2.57. The molecule has 0 fully saturated rings. The minimum absolute atomic E-state index is 0.576. The summed E-state index contributed by atoms with van der Waals surface area (Å²) in [6, 6.07) is 14.4. The van der Waals surface area contributed by atoms with Crippen molar-refractivity contribution in [3.63, 3.8) is 0 Å². The van der Waals surface area contributed by atoms with Crippen molar-refractivity contribution < 1.29 is 0 Å². The highest BCUT2D eigenvalue weighted by molar-refractivity contribution is 6.12. The lowest BCUT2D eigenvalue weighted by Gasteiger charge is -2.18. The van der Waals surface area contributed by atoms with Gasteiger partial charge in [-0.3, -0.25) is 5.41 Å². The van der Waals surface area contributed by atoms with Crippen LogP contribution in [0.3, 0.4) is 0 Å². The lowest BCUT2D eigenvalue weighted by Crippen LogP contribution is -2.22. The number of amidine groups is 1. The number of nitrogens with one attached hydrogen (secondary N) is 1. The van der Waals surface area contributed by atoms with Crippen molar-refractivity contribution in [2.24, 2.45) is 0 Å². The molecule has 1 aliphatic rings. The van der Waals surface area contributed by atoms with E-state index in [1.165, 1.54) is 5.56 Å². The molecule has 0 aliphatic carbocycles. The average molecular weight is 276 g/mol. The predicted molar refractivity (Wildman–Crippen MR) is 84.9 cm³/mol.